The zero-order chi connectivity index (χ0) is 13.5. The Hall–Kier alpha value is -1.30. The van der Waals surface area contributed by atoms with Gasteiger partial charge in [0.25, 0.3) is 0 Å². The Kier molecular flexibility index (Phi) is 3.23. The number of hydrogen-bond donors (Lipinski definition) is 0. The summed E-state index contributed by atoms with van der Waals surface area (Å²) in [6.45, 7) is 8.69. The van der Waals surface area contributed by atoms with Crippen molar-refractivity contribution in [3.63, 3.8) is 0 Å². The number of allylic oxidation sites excluding steroid dienone is 2. The molecular weight excluding hydrogens is 224 g/mol. The molecule has 0 bridgehead atoms. The fraction of sp³-hybridized carbons (Fsp3) is 0.733. The smallest absolute Gasteiger partial charge is 0.227 e. The van der Waals surface area contributed by atoms with E-state index in [1.807, 2.05) is 0 Å². The van der Waals surface area contributed by atoms with Gasteiger partial charge in [0.05, 0.1) is 12.0 Å². The van der Waals surface area contributed by atoms with Gasteiger partial charge in [0.1, 0.15) is 6.54 Å². The van der Waals surface area contributed by atoms with E-state index in [4.69, 9.17) is 5.26 Å². The Balaban J connectivity index is 2.10. The molecular formula is C15H22N2O. The van der Waals surface area contributed by atoms with Gasteiger partial charge in [-0.2, -0.15) is 5.26 Å². The van der Waals surface area contributed by atoms with Crippen LogP contribution in [0.5, 0.6) is 0 Å². The minimum Gasteiger partial charge on any atom is -0.326 e. The second-order valence-electron chi connectivity index (χ2n) is 6.42. The molecule has 0 unspecified atom stereocenters. The predicted molar refractivity (Wildman–Crippen MR) is 70.5 cm³/mol. The maximum atomic E-state index is 12.5. The van der Waals surface area contributed by atoms with Crippen molar-refractivity contribution in [2.24, 2.45) is 17.3 Å². The summed E-state index contributed by atoms with van der Waals surface area (Å²) in [4.78, 5) is 14.3. The Morgan fingerprint density at radius 3 is 2.50 bits per heavy atom. The number of carbonyl (C=O) groups is 1. The second kappa shape index (κ2) is 4.42. The van der Waals surface area contributed by atoms with Crippen molar-refractivity contribution in [2.75, 3.05) is 6.54 Å². The van der Waals surface area contributed by atoms with Crippen molar-refractivity contribution >= 4 is 5.91 Å². The van der Waals surface area contributed by atoms with E-state index in [1.165, 1.54) is 5.57 Å². The SMILES string of the molecule is CC(C)=C[C@@H]1[C@@H](C(=O)N(CC#N)C2CC2)C1(C)C. The van der Waals surface area contributed by atoms with Crippen molar-refractivity contribution in [1.29, 1.82) is 5.26 Å². The van der Waals surface area contributed by atoms with Crippen LogP contribution in [0.4, 0.5) is 0 Å². The molecule has 3 nitrogen and oxygen atoms in total. The van der Waals surface area contributed by atoms with Crippen molar-refractivity contribution < 1.29 is 4.79 Å². The molecule has 0 saturated heterocycles. The van der Waals surface area contributed by atoms with E-state index in [2.05, 4.69) is 39.8 Å². The monoisotopic (exact) mass is 246 g/mol. The van der Waals surface area contributed by atoms with Crippen LogP contribution in [-0.2, 0) is 4.79 Å². The lowest BCUT2D eigenvalue weighted by Crippen LogP contribution is -2.35. The van der Waals surface area contributed by atoms with Crippen LogP contribution in [0.1, 0.15) is 40.5 Å². The Morgan fingerprint density at radius 2 is 2.06 bits per heavy atom. The highest BCUT2D eigenvalue weighted by atomic mass is 16.2. The van der Waals surface area contributed by atoms with Gasteiger partial charge in [-0.05, 0) is 38.0 Å². The third-order valence-electron chi connectivity index (χ3n) is 4.20. The molecule has 18 heavy (non-hydrogen) atoms. The van der Waals surface area contributed by atoms with E-state index in [1.54, 1.807) is 4.90 Å². The maximum absolute atomic E-state index is 12.5. The van der Waals surface area contributed by atoms with Gasteiger partial charge < -0.3 is 4.90 Å². The molecule has 2 aliphatic rings. The normalized spacial score (nSPS) is 28.2. The molecule has 0 N–H and O–H groups in total. The molecule has 2 saturated carbocycles. The molecule has 0 spiro atoms. The average molecular weight is 246 g/mol. The van der Waals surface area contributed by atoms with Gasteiger partial charge in [-0.3, -0.25) is 4.79 Å². The average Bonchev–Trinajstić information content (AvgIpc) is 3.14. The summed E-state index contributed by atoms with van der Waals surface area (Å²) < 4.78 is 0. The standard InChI is InChI=1S/C15H22N2O/c1-10(2)9-12-13(15(12,3)4)14(18)17(8-7-16)11-5-6-11/h9,11-13H,5-6,8H2,1-4H3/t12-,13+/m1/s1. The Labute approximate surface area is 109 Å². The highest BCUT2D eigenvalue weighted by Gasteiger charge is 2.61. The van der Waals surface area contributed by atoms with E-state index < -0.39 is 0 Å². The Bertz CT molecular complexity index is 422. The molecule has 3 heteroatoms. The first-order chi connectivity index (χ1) is 8.39. The molecule has 2 rings (SSSR count). The van der Waals surface area contributed by atoms with Gasteiger partial charge in [0, 0.05) is 6.04 Å². The first-order valence-corrected chi connectivity index (χ1v) is 6.72. The minimum atomic E-state index is 0.0525. The summed E-state index contributed by atoms with van der Waals surface area (Å²) >= 11 is 0. The molecule has 0 aromatic carbocycles. The molecule has 0 radical (unpaired) electrons. The summed E-state index contributed by atoms with van der Waals surface area (Å²) in [5.41, 5.74) is 1.32. The highest BCUT2D eigenvalue weighted by molar-refractivity contribution is 5.84. The summed E-state index contributed by atoms with van der Waals surface area (Å²) in [6.07, 6.45) is 4.34. The van der Waals surface area contributed by atoms with Crippen molar-refractivity contribution in [1.82, 2.24) is 4.90 Å². The van der Waals surface area contributed by atoms with Crippen LogP contribution in [-0.4, -0.2) is 23.4 Å². The fourth-order valence-corrected chi connectivity index (χ4v) is 2.85. The number of carbonyl (C=O) groups excluding carboxylic acids is 1. The third-order valence-corrected chi connectivity index (χ3v) is 4.20. The Morgan fingerprint density at radius 1 is 1.44 bits per heavy atom. The summed E-state index contributed by atoms with van der Waals surface area (Å²) in [5.74, 6) is 0.600. The maximum Gasteiger partial charge on any atom is 0.227 e. The first kappa shape index (κ1) is 13.1. The van der Waals surface area contributed by atoms with Gasteiger partial charge in [0.15, 0.2) is 0 Å². The minimum absolute atomic E-state index is 0.0525. The largest absolute Gasteiger partial charge is 0.326 e. The summed E-state index contributed by atoms with van der Waals surface area (Å²) in [5, 5.41) is 8.85. The zero-order valence-electron chi connectivity index (χ0n) is 11.7. The fourth-order valence-electron chi connectivity index (χ4n) is 2.85. The van der Waals surface area contributed by atoms with Crippen LogP contribution in [0.15, 0.2) is 11.6 Å². The quantitative estimate of drug-likeness (QED) is 0.565. The van der Waals surface area contributed by atoms with E-state index in [0.717, 1.165) is 12.8 Å². The molecule has 98 valence electrons. The topological polar surface area (TPSA) is 44.1 Å². The second-order valence-corrected chi connectivity index (χ2v) is 6.42. The van der Waals surface area contributed by atoms with E-state index in [0.29, 0.717) is 12.0 Å². The van der Waals surface area contributed by atoms with Gasteiger partial charge in [-0.1, -0.05) is 25.5 Å². The van der Waals surface area contributed by atoms with Crippen LogP contribution in [0.25, 0.3) is 0 Å². The molecule has 2 aliphatic carbocycles. The van der Waals surface area contributed by atoms with Crippen LogP contribution < -0.4 is 0 Å². The van der Waals surface area contributed by atoms with Gasteiger partial charge in [-0.25, -0.2) is 0 Å². The zero-order valence-corrected chi connectivity index (χ0v) is 11.7. The van der Waals surface area contributed by atoms with Gasteiger partial charge >= 0.3 is 0 Å². The predicted octanol–water partition coefficient (Wildman–Crippen LogP) is 2.74. The summed E-state index contributed by atoms with van der Waals surface area (Å²) in [7, 11) is 0. The number of rotatable bonds is 4. The lowest BCUT2D eigenvalue weighted by Gasteiger charge is -2.19. The molecule has 0 aromatic heterocycles. The van der Waals surface area contributed by atoms with Crippen molar-refractivity contribution in [3.05, 3.63) is 11.6 Å². The molecule has 0 aliphatic heterocycles. The van der Waals surface area contributed by atoms with Crippen LogP contribution in [0.3, 0.4) is 0 Å². The van der Waals surface area contributed by atoms with Crippen LogP contribution in [0, 0.1) is 28.6 Å². The van der Waals surface area contributed by atoms with Crippen LogP contribution in [0.2, 0.25) is 0 Å². The van der Waals surface area contributed by atoms with E-state index >= 15 is 0 Å². The van der Waals surface area contributed by atoms with Crippen LogP contribution >= 0.6 is 0 Å². The van der Waals surface area contributed by atoms with Gasteiger partial charge in [0.2, 0.25) is 5.91 Å². The van der Waals surface area contributed by atoms with Crippen molar-refractivity contribution in [3.8, 4) is 6.07 Å². The number of amides is 1. The summed E-state index contributed by atoms with van der Waals surface area (Å²) in [6, 6.07) is 2.46. The van der Waals surface area contributed by atoms with E-state index in [9.17, 15) is 4.79 Å². The lowest BCUT2D eigenvalue weighted by molar-refractivity contribution is -0.133. The molecule has 0 aromatic rings. The van der Waals surface area contributed by atoms with Crippen molar-refractivity contribution in [2.45, 2.75) is 46.6 Å². The lowest BCUT2D eigenvalue weighted by atomic mass is 10.1. The molecule has 0 heterocycles. The molecule has 2 fully saturated rings. The van der Waals surface area contributed by atoms with E-state index in [-0.39, 0.29) is 23.8 Å². The van der Waals surface area contributed by atoms with Gasteiger partial charge in [-0.15, -0.1) is 0 Å². The third kappa shape index (κ3) is 2.29. The number of hydrogen-bond acceptors (Lipinski definition) is 2. The number of nitrogens with zero attached hydrogens (tertiary/aromatic N) is 2. The number of nitriles is 1. The molecule has 1 amide bonds. The highest BCUT2D eigenvalue weighted by Crippen LogP contribution is 2.60. The molecule has 2 atom stereocenters. The first-order valence-electron chi connectivity index (χ1n) is 6.72.